The first-order valence-electron chi connectivity index (χ1n) is 9.87. The second-order valence-electron chi connectivity index (χ2n) is 6.60. The van der Waals surface area contributed by atoms with Crippen molar-refractivity contribution in [1.82, 2.24) is 0 Å². The Kier molecular flexibility index (Phi) is 16.8. The highest BCUT2D eigenvalue weighted by molar-refractivity contribution is 5.75. The van der Waals surface area contributed by atoms with E-state index in [0.29, 0.717) is 6.42 Å². The summed E-state index contributed by atoms with van der Waals surface area (Å²) in [4.78, 5) is 20.4. The van der Waals surface area contributed by atoms with Crippen LogP contribution in [-0.2, 0) is 14.3 Å². The zero-order valence-corrected chi connectivity index (χ0v) is 15.5. The Hall–Kier alpha value is -0.860. The number of hydrogen-bond acceptors (Lipinski definition) is 3. The molecule has 0 amide bonds. The number of esters is 1. The molecule has 0 bridgehead atoms. The Balaban J connectivity index is 0.000000423. The first kappa shape index (κ1) is 22.1. The van der Waals surface area contributed by atoms with Gasteiger partial charge in [0.15, 0.2) is 0 Å². The average molecular weight is 327 g/mol. The highest BCUT2D eigenvalue weighted by Gasteiger charge is 2.27. The van der Waals surface area contributed by atoms with E-state index >= 15 is 0 Å². The van der Waals surface area contributed by atoms with E-state index in [0.717, 1.165) is 25.5 Å². The zero-order valence-electron chi connectivity index (χ0n) is 15.5. The van der Waals surface area contributed by atoms with E-state index in [-0.39, 0.29) is 12.1 Å². The number of carbonyl (C=O) groups excluding carboxylic acids is 2. The number of hydrogen-bond donors (Lipinski definition) is 0. The Morgan fingerprint density at radius 3 is 1.83 bits per heavy atom. The molecular formula is C20H38O3. The Labute approximate surface area is 143 Å². The summed E-state index contributed by atoms with van der Waals surface area (Å²) in [5.74, 6) is -0.0199. The summed E-state index contributed by atoms with van der Waals surface area (Å²) in [7, 11) is 0. The summed E-state index contributed by atoms with van der Waals surface area (Å²) in [6.45, 7) is 4.44. The summed E-state index contributed by atoms with van der Waals surface area (Å²) in [5, 5.41) is 0. The first-order chi connectivity index (χ1) is 11.2. The third-order valence-electron chi connectivity index (χ3n) is 4.25. The smallest absolute Gasteiger partial charge is 0.309 e. The SMILES string of the molecule is CCCCCCCC1CC(=O)O1.CCCCCCCCCC=O. The molecule has 1 saturated heterocycles. The molecule has 23 heavy (non-hydrogen) atoms. The molecule has 0 N–H and O–H groups in total. The Morgan fingerprint density at radius 1 is 0.870 bits per heavy atom. The standard InChI is InChI=1S/C10H18O2.C10H20O/c1-2-3-4-5-6-7-9-8-10(11)12-9;1-2-3-4-5-6-7-8-9-10-11/h9H,2-8H2,1H3;10H,2-9H2,1H3. The molecule has 0 spiro atoms. The van der Waals surface area contributed by atoms with Crippen LogP contribution in [-0.4, -0.2) is 18.4 Å². The second kappa shape index (κ2) is 17.5. The molecule has 136 valence electrons. The van der Waals surface area contributed by atoms with Gasteiger partial charge >= 0.3 is 5.97 Å². The van der Waals surface area contributed by atoms with Crippen LogP contribution in [0.2, 0.25) is 0 Å². The second-order valence-corrected chi connectivity index (χ2v) is 6.60. The monoisotopic (exact) mass is 326 g/mol. The highest BCUT2D eigenvalue weighted by Crippen LogP contribution is 2.19. The van der Waals surface area contributed by atoms with E-state index in [1.54, 1.807) is 0 Å². The molecule has 0 aromatic rings. The van der Waals surface area contributed by atoms with Gasteiger partial charge in [-0.2, -0.15) is 0 Å². The van der Waals surface area contributed by atoms with Crippen molar-refractivity contribution in [2.45, 2.75) is 116 Å². The molecule has 0 aromatic carbocycles. The fourth-order valence-electron chi connectivity index (χ4n) is 2.68. The van der Waals surface area contributed by atoms with E-state index in [2.05, 4.69) is 13.8 Å². The van der Waals surface area contributed by atoms with Crippen molar-refractivity contribution in [3.05, 3.63) is 0 Å². The van der Waals surface area contributed by atoms with Crippen LogP contribution < -0.4 is 0 Å². The lowest BCUT2D eigenvalue weighted by Crippen LogP contribution is -2.32. The van der Waals surface area contributed by atoms with Crippen molar-refractivity contribution in [1.29, 1.82) is 0 Å². The fourth-order valence-corrected chi connectivity index (χ4v) is 2.68. The minimum atomic E-state index is -0.0199. The Morgan fingerprint density at radius 2 is 1.35 bits per heavy atom. The van der Waals surface area contributed by atoms with Crippen LogP contribution >= 0.6 is 0 Å². The van der Waals surface area contributed by atoms with Gasteiger partial charge in [-0.3, -0.25) is 4.79 Å². The molecule has 1 aliphatic rings. The fraction of sp³-hybridized carbons (Fsp3) is 0.900. The predicted molar refractivity (Wildman–Crippen MR) is 96.5 cm³/mol. The first-order valence-corrected chi connectivity index (χ1v) is 9.87. The third kappa shape index (κ3) is 15.8. The van der Waals surface area contributed by atoms with Gasteiger partial charge in [-0.25, -0.2) is 0 Å². The van der Waals surface area contributed by atoms with Gasteiger partial charge in [-0.05, 0) is 19.3 Å². The average Bonchev–Trinajstić information content (AvgIpc) is 2.53. The quantitative estimate of drug-likeness (QED) is 0.224. The topological polar surface area (TPSA) is 43.4 Å². The summed E-state index contributed by atoms with van der Waals surface area (Å²) in [6.07, 6.45) is 19.3. The summed E-state index contributed by atoms with van der Waals surface area (Å²) in [5.41, 5.74) is 0. The predicted octanol–water partition coefficient (Wildman–Crippen LogP) is 5.99. The Bertz CT molecular complexity index is 268. The van der Waals surface area contributed by atoms with Crippen molar-refractivity contribution < 1.29 is 14.3 Å². The lowest BCUT2D eigenvalue weighted by atomic mass is 10.0. The summed E-state index contributed by atoms with van der Waals surface area (Å²) in [6, 6.07) is 0. The number of unbranched alkanes of at least 4 members (excludes halogenated alkanes) is 11. The number of ether oxygens (including phenoxy) is 1. The lowest BCUT2D eigenvalue weighted by molar-refractivity contribution is -0.169. The van der Waals surface area contributed by atoms with Gasteiger partial charge in [0, 0.05) is 6.42 Å². The van der Waals surface area contributed by atoms with Crippen molar-refractivity contribution in [3.63, 3.8) is 0 Å². The molecule has 1 rings (SSSR count). The number of cyclic esters (lactones) is 1. The van der Waals surface area contributed by atoms with Crippen molar-refractivity contribution in [3.8, 4) is 0 Å². The van der Waals surface area contributed by atoms with E-state index in [4.69, 9.17) is 4.74 Å². The molecule has 3 heteroatoms. The van der Waals surface area contributed by atoms with E-state index < -0.39 is 0 Å². The van der Waals surface area contributed by atoms with Gasteiger partial charge in [0.25, 0.3) is 0 Å². The zero-order chi connectivity index (χ0) is 17.2. The largest absolute Gasteiger partial charge is 0.462 e. The van der Waals surface area contributed by atoms with Crippen LogP contribution in [0.3, 0.4) is 0 Å². The molecule has 3 nitrogen and oxygen atoms in total. The molecule has 0 aromatic heterocycles. The summed E-state index contributed by atoms with van der Waals surface area (Å²) < 4.78 is 4.91. The van der Waals surface area contributed by atoms with E-state index in [1.807, 2.05) is 0 Å². The van der Waals surface area contributed by atoms with Gasteiger partial charge in [0.1, 0.15) is 12.4 Å². The third-order valence-corrected chi connectivity index (χ3v) is 4.25. The van der Waals surface area contributed by atoms with E-state index in [9.17, 15) is 9.59 Å². The molecule has 1 aliphatic heterocycles. The molecule has 0 saturated carbocycles. The molecule has 1 heterocycles. The van der Waals surface area contributed by atoms with Crippen molar-refractivity contribution in [2.75, 3.05) is 0 Å². The summed E-state index contributed by atoms with van der Waals surface area (Å²) >= 11 is 0. The van der Waals surface area contributed by atoms with Gasteiger partial charge in [0.05, 0.1) is 6.42 Å². The minimum absolute atomic E-state index is 0.0199. The molecule has 0 aliphatic carbocycles. The van der Waals surface area contributed by atoms with Crippen LogP contribution in [0.1, 0.15) is 110 Å². The van der Waals surface area contributed by atoms with E-state index in [1.165, 1.54) is 70.6 Å². The maximum atomic E-state index is 10.4. The van der Waals surface area contributed by atoms with Crippen LogP contribution in [0.25, 0.3) is 0 Å². The normalized spacial score (nSPS) is 16.1. The van der Waals surface area contributed by atoms with Crippen LogP contribution in [0.4, 0.5) is 0 Å². The number of rotatable bonds is 14. The molecule has 0 radical (unpaired) electrons. The number of carbonyl (C=O) groups is 2. The molecule has 1 unspecified atom stereocenters. The van der Waals surface area contributed by atoms with Gasteiger partial charge in [-0.1, -0.05) is 78.1 Å². The lowest BCUT2D eigenvalue weighted by Gasteiger charge is -2.25. The highest BCUT2D eigenvalue weighted by atomic mass is 16.6. The van der Waals surface area contributed by atoms with Gasteiger partial charge < -0.3 is 9.53 Å². The van der Waals surface area contributed by atoms with Gasteiger partial charge in [0.2, 0.25) is 0 Å². The molecule has 1 atom stereocenters. The maximum absolute atomic E-state index is 10.4. The van der Waals surface area contributed by atoms with Crippen molar-refractivity contribution >= 4 is 12.3 Å². The van der Waals surface area contributed by atoms with Crippen molar-refractivity contribution in [2.24, 2.45) is 0 Å². The maximum Gasteiger partial charge on any atom is 0.309 e. The molecular weight excluding hydrogens is 288 g/mol. The minimum Gasteiger partial charge on any atom is -0.462 e. The molecule has 1 fully saturated rings. The number of aldehydes is 1. The van der Waals surface area contributed by atoms with Crippen LogP contribution in [0.15, 0.2) is 0 Å². The van der Waals surface area contributed by atoms with Crippen LogP contribution in [0.5, 0.6) is 0 Å². The van der Waals surface area contributed by atoms with Gasteiger partial charge in [-0.15, -0.1) is 0 Å². The van der Waals surface area contributed by atoms with Crippen LogP contribution in [0, 0.1) is 0 Å².